The van der Waals surface area contributed by atoms with E-state index in [4.69, 9.17) is 0 Å². The van der Waals surface area contributed by atoms with E-state index in [9.17, 15) is 9.90 Å². The highest BCUT2D eigenvalue weighted by molar-refractivity contribution is 6.02. The molecule has 74 valence electrons. The lowest BCUT2D eigenvalue weighted by Gasteiger charge is -2.16. The summed E-state index contributed by atoms with van der Waals surface area (Å²) in [5.41, 5.74) is 1.48. The van der Waals surface area contributed by atoms with Crippen LogP contribution in [0.4, 0.5) is 0 Å². The zero-order chi connectivity index (χ0) is 10.3. The highest BCUT2D eigenvalue weighted by Gasteiger charge is 2.39. The molecule has 1 aromatic rings. The molecule has 2 rings (SSSR count). The first-order valence-electron chi connectivity index (χ1n) is 4.94. The first-order chi connectivity index (χ1) is 6.63. The molecule has 2 nitrogen and oxygen atoms in total. The minimum absolute atomic E-state index is 0.0862. The minimum Gasteiger partial charge on any atom is -0.388 e. The summed E-state index contributed by atoms with van der Waals surface area (Å²) in [4.78, 5) is 11.9. The van der Waals surface area contributed by atoms with Gasteiger partial charge in [0.15, 0.2) is 5.78 Å². The van der Waals surface area contributed by atoms with Gasteiger partial charge in [0.05, 0.1) is 12.0 Å². The van der Waals surface area contributed by atoms with Crippen LogP contribution in [-0.2, 0) is 0 Å². The van der Waals surface area contributed by atoms with Crippen LogP contribution in [0.25, 0.3) is 0 Å². The van der Waals surface area contributed by atoms with Crippen molar-refractivity contribution in [2.45, 2.75) is 20.0 Å². The summed E-state index contributed by atoms with van der Waals surface area (Å²) in [5, 5.41) is 9.96. The molecule has 2 unspecified atom stereocenters. The number of benzene rings is 1. The molecular formula is C12H14O2. The van der Waals surface area contributed by atoms with Gasteiger partial charge in [0.2, 0.25) is 0 Å². The summed E-state index contributed by atoms with van der Waals surface area (Å²) >= 11 is 0. The summed E-state index contributed by atoms with van der Waals surface area (Å²) in [6, 6.07) is 7.33. The Morgan fingerprint density at radius 3 is 2.50 bits per heavy atom. The number of fused-ring (bicyclic) bond motifs is 1. The fourth-order valence-electron chi connectivity index (χ4n) is 2.16. The first kappa shape index (κ1) is 9.41. The molecule has 0 radical (unpaired) electrons. The van der Waals surface area contributed by atoms with Crippen LogP contribution in [0.2, 0.25) is 0 Å². The number of carbonyl (C=O) groups is 1. The Labute approximate surface area is 83.6 Å². The number of rotatable bonds is 1. The molecule has 1 aromatic carbocycles. The van der Waals surface area contributed by atoms with Gasteiger partial charge >= 0.3 is 0 Å². The van der Waals surface area contributed by atoms with Crippen LogP contribution in [0, 0.1) is 11.8 Å². The third kappa shape index (κ3) is 1.18. The van der Waals surface area contributed by atoms with Crippen molar-refractivity contribution >= 4 is 5.78 Å². The predicted molar refractivity (Wildman–Crippen MR) is 54.1 cm³/mol. The summed E-state index contributed by atoms with van der Waals surface area (Å²) in [5.74, 6) is 0.0143. The van der Waals surface area contributed by atoms with Crippen molar-refractivity contribution in [3.63, 3.8) is 0 Å². The van der Waals surface area contributed by atoms with Crippen LogP contribution in [0.15, 0.2) is 24.3 Å². The molecule has 0 heterocycles. The van der Waals surface area contributed by atoms with E-state index < -0.39 is 6.10 Å². The van der Waals surface area contributed by atoms with Crippen LogP contribution in [0.5, 0.6) is 0 Å². The van der Waals surface area contributed by atoms with E-state index in [-0.39, 0.29) is 17.6 Å². The number of hydrogen-bond acceptors (Lipinski definition) is 2. The van der Waals surface area contributed by atoms with Gasteiger partial charge in [-0.3, -0.25) is 4.79 Å². The molecule has 0 fully saturated rings. The van der Waals surface area contributed by atoms with Crippen LogP contribution >= 0.6 is 0 Å². The second-order valence-electron chi connectivity index (χ2n) is 4.17. The smallest absolute Gasteiger partial charge is 0.169 e. The number of hydrogen-bond donors (Lipinski definition) is 1. The van der Waals surface area contributed by atoms with Crippen molar-refractivity contribution in [1.82, 2.24) is 0 Å². The van der Waals surface area contributed by atoms with Crippen molar-refractivity contribution in [2.24, 2.45) is 11.8 Å². The van der Waals surface area contributed by atoms with E-state index in [2.05, 4.69) is 0 Å². The Morgan fingerprint density at radius 1 is 1.29 bits per heavy atom. The Kier molecular flexibility index (Phi) is 2.16. The van der Waals surface area contributed by atoms with E-state index in [1.165, 1.54) is 0 Å². The molecule has 0 amide bonds. The lowest BCUT2D eigenvalue weighted by Crippen LogP contribution is -2.19. The minimum atomic E-state index is -0.612. The Morgan fingerprint density at radius 2 is 1.93 bits per heavy atom. The maximum atomic E-state index is 11.9. The summed E-state index contributed by atoms with van der Waals surface area (Å²) in [7, 11) is 0. The lowest BCUT2D eigenvalue weighted by atomic mass is 9.90. The molecular weight excluding hydrogens is 176 g/mol. The van der Waals surface area contributed by atoms with Crippen molar-refractivity contribution < 1.29 is 9.90 Å². The second-order valence-corrected chi connectivity index (χ2v) is 4.17. The summed E-state index contributed by atoms with van der Waals surface area (Å²) in [6.45, 7) is 3.94. The molecule has 2 atom stereocenters. The average molecular weight is 190 g/mol. The zero-order valence-electron chi connectivity index (χ0n) is 8.40. The summed E-state index contributed by atoms with van der Waals surface area (Å²) < 4.78 is 0. The van der Waals surface area contributed by atoms with Gasteiger partial charge in [-0.15, -0.1) is 0 Å². The molecule has 2 heteroatoms. The Balaban J connectivity index is 2.48. The number of carbonyl (C=O) groups excluding carboxylic acids is 1. The molecule has 0 saturated carbocycles. The quantitative estimate of drug-likeness (QED) is 0.737. The molecule has 1 aliphatic rings. The van der Waals surface area contributed by atoms with Crippen molar-refractivity contribution in [3.8, 4) is 0 Å². The maximum Gasteiger partial charge on any atom is 0.169 e. The monoisotopic (exact) mass is 190 g/mol. The van der Waals surface area contributed by atoms with Gasteiger partial charge in [0.25, 0.3) is 0 Å². The van der Waals surface area contributed by atoms with Gasteiger partial charge in [0, 0.05) is 5.56 Å². The summed E-state index contributed by atoms with van der Waals surface area (Å²) in [6.07, 6.45) is -0.612. The maximum absolute atomic E-state index is 11.9. The highest BCUT2D eigenvalue weighted by Crippen LogP contribution is 2.39. The molecule has 0 saturated heterocycles. The van der Waals surface area contributed by atoms with Gasteiger partial charge in [0.1, 0.15) is 0 Å². The van der Waals surface area contributed by atoms with Gasteiger partial charge in [-0.05, 0) is 11.5 Å². The first-order valence-corrected chi connectivity index (χ1v) is 4.94. The number of aliphatic hydroxyl groups is 1. The van der Waals surface area contributed by atoms with Crippen molar-refractivity contribution in [1.29, 1.82) is 0 Å². The highest BCUT2D eigenvalue weighted by atomic mass is 16.3. The third-order valence-electron chi connectivity index (χ3n) is 2.91. The van der Waals surface area contributed by atoms with E-state index in [0.717, 1.165) is 5.56 Å². The van der Waals surface area contributed by atoms with Gasteiger partial charge in [-0.25, -0.2) is 0 Å². The number of aliphatic hydroxyl groups excluding tert-OH is 1. The SMILES string of the molecule is CC(C)C1C(=O)c2ccccc2C1O. The van der Waals surface area contributed by atoms with E-state index in [0.29, 0.717) is 5.56 Å². The Bertz CT molecular complexity index is 368. The largest absolute Gasteiger partial charge is 0.388 e. The topological polar surface area (TPSA) is 37.3 Å². The van der Waals surface area contributed by atoms with Crippen LogP contribution < -0.4 is 0 Å². The molecule has 0 bridgehead atoms. The van der Waals surface area contributed by atoms with Crippen molar-refractivity contribution in [3.05, 3.63) is 35.4 Å². The standard InChI is InChI=1S/C12H14O2/c1-7(2)10-11(13)8-5-3-4-6-9(8)12(10)14/h3-7,10-11,13H,1-2H3. The fourth-order valence-corrected chi connectivity index (χ4v) is 2.16. The molecule has 1 aliphatic carbocycles. The zero-order valence-corrected chi connectivity index (χ0v) is 8.40. The third-order valence-corrected chi connectivity index (χ3v) is 2.91. The van der Waals surface area contributed by atoms with E-state index in [1.54, 1.807) is 6.07 Å². The van der Waals surface area contributed by atoms with Gasteiger partial charge in [-0.2, -0.15) is 0 Å². The van der Waals surface area contributed by atoms with E-state index >= 15 is 0 Å². The molecule has 0 aliphatic heterocycles. The lowest BCUT2D eigenvalue weighted by molar-refractivity contribution is 0.0653. The predicted octanol–water partition coefficient (Wildman–Crippen LogP) is 2.19. The van der Waals surface area contributed by atoms with Crippen LogP contribution in [0.3, 0.4) is 0 Å². The Hall–Kier alpha value is -1.15. The van der Waals surface area contributed by atoms with Gasteiger partial charge < -0.3 is 5.11 Å². The van der Waals surface area contributed by atoms with Crippen molar-refractivity contribution in [2.75, 3.05) is 0 Å². The van der Waals surface area contributed by atoms with Crippen LogP contribution in [-0.4, -0.2) is 10.9 Å². The number of Topliss-reactive ketones (excluding diaryl/α,β-unsaturated/α-hetero) is 1. The molecule has 1 N–H and O–H groups in total. The fraction of sp³-hybridized carbons (Fsp3) is 0.417. The van der Waals surface area contributed by atoms with Crippen LogP contribution in [0.1, 0.15) is 35.9 Å². The van der Waals surface area contributed by atoms with Gasteiger partial charge in [-0.1, -0.05) is 38.1 Å². The number of ketones is 1. The molecule has 0 spiro atoms. The molecule has 14 heavy (non-hydrogen) atoms. The van der Waals surface area contributed by atoms with E-state index in [1.807, 2.05) is 32.0 Å². The normalized spacial score (nSPS) is 25.6. The second kappa shape index (κ2) is 3.21. The molecule has 0 aromatic heterocycles. The average Bonchev–Trinajstić information content (AvgIpc) is 2.41.